The fourth-order valence-corrected chi connectivity index (χ4v) is 1.43. The van der Waals surface area contributed by atoms with Gasteiger partial charge in [0, 0.05) is 0 Å². The highest BCUT2D eigenvalue weighted by Gasteiger charge is 2.19. The van der Waals surface area contributed by atoms with E-state index in [0.717, 1.165) is 12.1 Å². The molecule has 0 aliphatic rings. The van der Waals surface area contributed by atoms with Crippen LogP contribution in [-0.2, 0) is 0 Å². The number of para-hydroxylation sites is 1. The van der Waals surface area contributed by atoms with Crippen LogP contribution in [0.25, 0.3) is 5.69 Å². The fraction of sp³-hybridized carbons (Fsp3) is 0. The molecule has 0 aliphatic carbocycles. The molecule has 3 N–H and O–H groups in total. The average Bonchev–Trinajstić information content (AvgIpc) is 2.59. The lowest BCUT2D eigenvalue weighted by Gasteiger charge is -2.05. The molecule has 2 rings (SSSR count). The molecule has 7 nitrogen and oxygen atoms in total. The Labute approximate surface area is 92.1 Å². The van der Waals surface area contributed by atoms with Crippen LogP contribution in [0.3, 0.4) is 0 Å². The Kier molecular flexibility index (Phi) is 2.39. The average molecular weight is 239 g/mol. The van der Waals surface area contributed by atoms with Gasteiger partial charge in [-0.3, -0.25) is 0 Å². The van der Waals surface area contributed by atoms with E-state index in [1.807, 2.05) is 10.2 Å². The molecule has 0 aliphatic heterocycles. The third-order valence-corrected chi connectivity index (χ3v) is 2.12. The minimum atomic E-state index is -1.44. The summed E-state index contributed by atoms with van der Waals surface area (Å²) in [7, 11) is 0. The number of benzene rings is 1. The highest BCUT2D eigenvalue weighted by Crippen LogP contribution is 2.15. The van der Waals surface area contributed by atoms with E-state index in [1.165, 1.54) is 6.07 Å². The van der Waals surface area contributed by atoms with Gasteiger partial charge in [-0.1, -0.05) is 6.07 Å². The Morgan fingerprint density at radius 1 is 1.24 bits per heavy atom. The quantitative estimate of drug-likeness (QED) is 0.668. The standard InChI is InChI=1S/C9H6FN3O4/c10-5-3-1-2-4(7(14)15)6(5)13-8(16)11-12-9(13)17/h1-3H,(H,11,16)(H,12,17)(H,14,15). The van der Waals surface area contributed by atoms with Gasteiger partial charge >= 0.3 is 17.3 Å². The molecule has 0 saturated carbocycles. The Bertz CT molecular complexity index is 669. The molecule has 88 valence electrons. The third kappa shape index (κ3) is 1.65. The van der Waals surface area contributed by atoms with Crippen LogP contribution in [0.2, 0.25) is 0 Å². The molecule has 8 heteroatoms. The van der Waals surface area contributed by atoms with Crippen LogP contribution in [0.1, 0.15) is 10.4 Å². The Balaban J connectivity index is 2.89. The number of nitrogens with one attached hydrogen (secondary N) is 2. The van der Waals surface area contributed by atoms with Crippen LogP contribution >= 0.6 is 0 Å². The topological polar surface area (TPSA) is 108 Å². The molecule has 1 aromatic heterocycles. The van der Waals surface area contributed by atoms with Crippen LogP contribution in [-0.4, -0.2) is 25.8 Å². The highest BCUT2D eigenvalue weighted by molar-refractivity contribution is 5.92. The molecule has 0 unspecified atom stereocenters. The van der Waals surface area contributed by atoms with E-state index in [0.29, 0.717) is 4.57 Å². The Hall–Kier alpha value is -2.64. The molecule has 0 amide bonds. The first kappa shape index (κ1) is 10.9. The molecule has 0 radical (unpaired) electrons. The van der Waals surface area contributed by atoms with Gasteiger partial charge in [-0.2, -0.15) is 0 Å². The van der Waals surface area contributed by atoms with Crippen LogP contribution in [0.5, 0.6) is 0 Å². The summed E-state index contributed by atoms with van der Waals surface area (Å²) in [4.78, 5) is 33.5. The van der Waals surface area contributed by atoms with Crippen LogP contribution in [0.15, 0.2) is 27.8 Å². The van der Waals surface area contributed by atoms with Crippen molar-refractivity contribution in [3.63, 3.8) is 0 Å². The minimum Gasteiger partial charge on any atom is -0.478 e. The van der Waals surface area contributed by atoms with E-state index >= 15 is 0 Å². The van der Waals surface area contributed by atoms with E-state index in [1.54, 1.807) is 0 Å². The van der Waals surface area contributed by atoms with Crippen molar-refractivity contribution < 1.29 is 14.3 Å². The monoisotopic (exact) mass is 239 g/mol. The van der Waals surface area contributed by atoms with Gasteiger partial charge in [0.15, 0.2) is 0 Å². The summed E-state index contributed by atoms with van der Waals surface area (Å²) < 4.78 is 13.9. The van der Waals surface area contributed by atoms with Crippen LogP contribution < -0.4 is 11.4 Å². The van der Waals surface area contributed by atoms with E-state index in [9.17, 15) is 18.8 Å². The van der Waals surface area contributed by atoms with Crippen molar-refractivity contribution in [1.82, 2.24) is 14.8 Å². The van der Waals surface area contributed by atoms with Gasteiger partial charge in [0.1, 0.15) is 11.5 Å². The molecule has 17 heavy (non-hydrogen) atoms. The number of halogens is 1. The zero-order valence-electron chi connectivity index (χ0n) is 8.23. The number of aromatic carboxylic acids is 1. The van der Waals surface area contributed by atoms with Crippen molar-refractivity contribution in [2.24, 2.45) is 0 Å². The maximum Gasteiger partial charge on any atom is 0.349 e. The predicted molar refractivity (Wildman–Crippen MR) is 53.9 cm³/mol. The summed E-state index contributed by atoms with van der Waals surface area (Å²) in [6.45, 7) is 0. The molecule has 0 atom stereocenters. The Morgan fingerprint density at radius 2 is 1.82 bits per heavy atom. The van der Waals surface area contributed by atoms with Gasteiger partial charge in [0.05, 0.1) is 5.56 Å². The molecular weight excluding hydrogens is 233 g/mol. The van der Waals surface area contributed by atoms with Crippen molar-refractivity contribution in [3.8, 4) is 5.69 Å². The first-order chi connectivity index (χ1) is 8.02. The fourth-order valence-electron chi connectivity index (χ4n) is 1.43. The van der Waals surface area contributed by atoms with Gasteiger partial charge in [-0.15, -0.1) is 0 Å². The minimum absolute atomic E-state index is 0.388. The van der Waals surface area contributed by atoms with Crippen molar-refractivity contribution in [2.75, 3.05) is 0 Å². The van der Waals surface area contributed by atoms with Crippen molar-refractivity contribution in [2.45, 2.75) is 0 Å². The maximum atomic E-state index is 13.5. The summed E-state index contributed by atoms with van der Waals surface area (Å²) in [5.41, 5.74) is -2.95. The van der Waals surface area contributed by atoms with Crippen LogP contribution in [0.4, 0.5) is 4.39 Å². The summed E-state index contributed by atoms with van der Waals surface area (Å²) in [5, 5.41) is 12.7. The first-order valence-corrected chi connectivity index (χ1v) is 4.44. The number of carboxylic acid groups (broad SMARTS) is 1. The number of H-pyrrole nitrogens is 2. The maximum absolute atomic E-state index is 13.5. The molecule has 0 fully saturated rings. The van der Waals surface area contributed by atoms with Crippen molar-refractivity contribution in [3.05, 3.63) is 50.5 Å². The molecule has 2 aromatic rings. The third-order valence-electron chi connectivity index (χ3n) is 2.12. The number of carbonyl (C=O) groups is 1. The molecule has 1 aromatic carbocycles. The number of rotatable bonds is 2. The highest BCUT2D eigenvalue weighted by atomic mass is 19.1. The number of hydrogen-bond donors (Lipinski definition) is 3. The molecule has 1 heterocycles. The smallest absolute Gasteiger partial charge is 0.349 e. The lowest BCUT2D eigenvalue weighted by Crippen LogP contribution is -2.27. The predicted octanol–water partition coefficient (Wildman–Crippen LogP) is -0.309. The van der Waals surface area contributed by atoms with Crippen molar-refractivity contribution >= 4 is 5.97 Å². The van der Waals surface area contributed by atoms with Crippen LogP contribution in [0, 0.1) is 5.82 Å². The van der Waals surface area contributed by atoms with Crippen molar-refractivity contribution in [1.29, 1.82) is 0 Å². The van der Waals surface area contributed by atoms with Gasteiger partial charge < -0.3 is 5.11 Å². The van der Waals surface area contributed by atoms with E-state index in [-0.39, 0.29) is 0 Å². The van der Waals surface area contributed by atoms with E-state index < -0.39 is 34.4 Å². The number of nitrogens with zero attached hydrogens (tertiary/aromatic N) is 1. The second kappa shape index (κ2) is 3.74. The zero-order chi connectivity index (χ0) is 12.6. The van der Waals surface area contributed by atoms with Gasteiger partial charge in [0.2, 0.25) is 0 Å². The molecular formula is C9H6FN3O4. The van der Waals surface area contributed by atoms with Gasteiger partial charge in [0.25, 0.3) is 0 Å². The first-order valence-electron chi connectivity index (χ1n) is 4.44. The number of aromatic amines is 2. The van der Waals surface area contributed by atoms with Gasteiger partial charge in [-0.25, -0.2) is 33.5 Å². The lowest BCUT2D eigenvalue weighted by atomic mass is 10.1. The summed E-state index contributed by atoms with van der Waals surface area (Å²) in [5.74, 6) is -2.41. The molecule has 0 saturated heterocycles. The second-order valence-corrected chi connectivity index (χ2v) is 3.14. The van der Waals surface area contributed by atoms with Gasteiger partial charge in [-0.05, 0) is 12.1 Å². The SMILES string of the molecule is O=C(O)c1cccc(F)c1-n1c(=O)[nH][nH]c1=O. The number of aromatic nitrogens is 3. The summed E-state index contributed by atoms with van der Waals surface area (Å²) in [6.07, 6.45) is 0. The van der Waals surface area contributed by atoms with E-state index in [4.69, 9.17) is 5.11 Å². The zero-order valence-corrected chi connectivity index (χ0v) is 8.23. The normalized spacial score (nSPS) is 10.4. The number of hydrogen-bond acceptors (Lipinski definition) is 3. The Morgan fingerprint density at radius 3 is 2.35 bits per heavy atom. The second-order valence-electron chi connectivity index (χ2n) is 3.14. The van der Waals surface area contributed by atoms with E-state index in [2.05, 4.69) is 0 Å². The number of carboxylic acids is 1. The largest absolute Gasteiger partial charge is 0.478 e. The summed E-state index contributed by atoms with van der Waals surface area (Å²) >= 11 is 0. The molecule has 0 spiro atoms. The molecule has 0 bridgehead atoms. The summed E-state index contributed by atoms with van der Waals surface area (Å²) in [6, 6.07) is 3.23. The lowest BCUT2D eigenvalue weighted by molar-refractivity contribution is 0.0696.